The molecule has 0 saturated carbocycles. The van der Waals surface area contributed by atoms with E-state index in [-0.39, 0.29) is 5.04 Å². The summed E-state index contributed by atoms with van der Waals surface area (Å²) in [6.07, 6.45) is 0.836. The van der Waals surface area contributed by atoms with Crippen molar-refractivity contribution in [3.8, 4) is 11.5 Å². The monoisotopic (exact) mass is 280 g/mol. The smallest absolute Gasteiger partial charge is 0.250 e. The minimum Gasteiger partial charge on any atom is -0.543 e. The Morgan fingerprint density at radius 3 is 2.63 bits per heavy atom. The first kappa shape index (κ1) is 14.4. The van der Waals surface area contributed by atoms with Gasteiger partial charge in [-0.2, -0.15) is 0 Å². The molecular formula is C15H24O3Si. The van der Waals surface area contributed by atoms with Crippen molar-refractivity contribution in [1.82, 2.24) is 0 Å². The van der Waals surface area contributed by atoms with Crippen molar-refractivity contribution in [2.24, 2.45) is 0 Å². The van der Waals surface area contributed by atoms with Crippen molar-refractivity contribution >= 4 is 8.32 Å². The van der Waals surface area contributed by atoms with Gasteiger partial charge in [0.1, 0.15) is 11.5 Å². The second kappa shape index (κ2) is 4.83. The van der Waals surface area contributed by atoms with Gasteiger partial charge < -0.3 is 14.3 Å². The van der Waals surface area contributed by atoms with Crippen molar-refractivity contribution in [2.45, 2.75) is 58.0 Å². The summed E-state index contributed by atoms with van der Waals surface area (Å²) in [4.78, 5) is 0. The first-order chi connectivity index (χ1) is 8.69. The Labute approximate surface area is 116 Å². The average Bonchev–Trinajstić information content (AvgIpc) is 2.26. The van der Waals surface area contributed by atoms with E-state index in [1.54, 1.807) is 0 Å². The molecule has 0 radical (unpaired) electrons. The van der Waals surface area contributed by atoms with Crippen LogP contribution in [0.4, 0.5) is 0 Å². The standard InChI is InChI=1S/C15H24O3Si/c1-15(2,3)19(4,5)18-12-8-6-11-7-9-14(16)17-13(11)10-12/h6,8,10,14,16H,7,9H2,1-5H3. The molecule has 1 N–H and O–H groups in total. The third kappa shape index (κ3) is 3.12. The summed E-state index contributed by atoms with van der Waals surface area (Å²) in [7, 11) is -1.83. The first-order valence-electron chi connectivity index (χ1n) is 6.86. The normalized spacial score (nSPS) is 19.6. The van der Waals surface area contributed by atoms with Crippen LogP contribution in [0.5, 0.6) is 11.5 Å². The van der Waals surface area contributed by atoms with Crippen LogP contribution in [0.2, 0.25) is 18.1 Å². The Morgan fingerprint density at radius 1 is 1.32 bits per heavy atom. The molecule has 1 aliphatic rings. The zero-order chi connectivity index (χ0) is 14.3. The number of fused-ring (bicyclic) bond motifs is 1. The second-order valence-electron chi connectivity index (χ2n) is 6.74. The van der Waals surface area contributed by atoms with Gasteiger partial charge >= 0.3 is 0 Å². The van der Waals surface area contributed by atoms with Crippen LogP contribution >= 0.6 is 0 Å². The summed E-state index contributed by atoms with van der Waals surface area (Å²) in [5.74, 6) is 1.61. The van der Waals surface area contributed by atoms with Crippen LogP contribution in [0, 0.1) is 0 Å². The van der Waals surface area contributed by atoms with E-state index in [0.29, 0.717) is 6.42 Å². The molecule has 1 aromatic rings. The Hall–Kier alpha value is -1.00. The minimum absolute atomic E-state index is 0.170. The van der Waals surface area contributed by atoms with Crippen LogP contribution in [-0.4, -0.2) is 19.7 Å². The maximum absolute atomic E-state index is 9.55. The summed E-state index contributed by atoms with van der Waals surface area (Å²) < 4.78 is 11.7. The molecule has 0 fully saturated rings. The van der Waals surface area contributed by atoms with Crippen LogP contribution in [-0.2, 0) is 6.42 Å². The summed E-state index contributed by atoms with van der Waals surface area (Å²) in [5, 5.41) is 9.72. The highest BCUT2D eigenvalue weighted by molar-refractivity contribution is 6.74. The van der Waals surface area contributed by atoms with Crippen LogP contribution in [0.15, 0.2) is 18.2 Å². The molecule has 2 rings (SSSR count). The number of hydrogen-bond acceptors (Lipinski definition) is 3. The average molecular weight is 280 g/mol. The summed E-state index contributed by atoms with van der Waals surface area (Å²) >= 11 is 0. The molecule has 1 aromatic carbocycles. The number of aliphatic hydroxyl groups excluding tert-OH is 1. The highest BCUT2D eigenvalue weighted by Crippen LogP contribution is 2.39. The van der Waals surface area contributed by atoms with E-state index in [9.17, 15) is 5.11 Å². The van der Waals surface area contributed by atoms with E-state index >= 15 is 0 Å². The Morgan fingerprint density at radius 2 is 2.00 bits per heavy atom. The topological polar surface area (TPSA) is 38.7 Å². The maximum atomic E-state index is 9.55. The summed E-state index contributed by atoms with van der Waals surface area (Å²) in [6, 6.07) is 5.97. The lowest BCUT2D eigenvalue weighted by atomic mass is 10.1. The number of ether oxygens (including phenoxy) is 1. The Balaban J connectivity index is 2.21. The van der Waals surface area contributed by atoms with Gasteiger partial charge in [0.15, 0.2) is 6.29 Å². The van der Waals surface area contributed by atoms with Gasteiger partial charge in [0, 0.05) is 12.5 Å². The minimum atomic E-state index is -1.83. The number of hydrogen-bond donors (Lipinski definition) is 1. The maximum Gasteiger partial charge on any atom is 0.250 e. The number of rotatable bonds is 2. The van der Waals surface area contributed by atoms with Gasteiger partial charge in [0.05, 0.1) is 0 Å². The Kier molecular flexibility index (Phi) is 3.67. The van der Waals surface area contributed by atoms with Gasteiger partial charge in [-0.05, 0) is 36.2 Å². The third-order valence-electron chi connectivity index (χ3n) is 4.14. The molecule has 1 atom stereocenters. The van der Waals surface area contributed by atoms with Crippen LogP contribution in [0.1, 0.15) is 32.8 Å². The van der Waals surface area contributed by atoms with E-state index in [1.165, 1.54) is 0 Å². The fourth-order valence-electron chi connectivity index (χ4n) is 1.85. The highest BCUT2D eigenvalue weighted by Gasteiger charge is 2.39. The molecule has 4 heteroatoms. The van der Waals surface area contributed by atoms with Crippen molar-refractivity contribution in [2.75, 3.05) is 0 Å². The molecule has 1 aliphatic heterocycles. The van der Waals surface area contributed by atoms with Gasteiger partial charge in [-0.25, -0.2) is 0 Å². The lowest BCUT2D eigenvalue weighted by Crippen LogP contribution is -2.43. The fourth-order valence-corrected chi connectivity index (χ4v) is 2.87. The van der Waals surface area contributed by atoms with Gasteiger partial charge in [-0.3, -0.25) is 0 Å². The largest absolute Gasteiger partial charge is 0.543 e. The van der Waals surface area contributed by atoms with E-state index in [4.69, 9.17) is 9.16 Å². The van der Waals surface area contributed by atoms with Crippen LogP contribution in [0.3, 0.4) is 0 Å². The molecule has 0 aromatic heterocycles. The summed E-state index contributed by atoms with van der Waals surface area (Å²) in [5.41, 5.74) is 1.15. The molecule has 0 amide bonds. The van der Waals surface area contributed by atoms with Gasteiger partial charge in [-0.1, -0.05) is 26.8 Å². The molecule has 3 nitrogen and oxygen atoms in total. The molecule has 1 heterocycles. The SMILES string of the molecule is CC(C)(C)[Si](C)(C)Oc1ccc2c(c1)OC(O)CC2. The predicted octanol–water partition coefficient (Wildman–Crippen LogP) is 3.71. The van der Waals surface area contributed by atoms with E-state index in [0.717, 1.165) is 23.5 Å². The second-order valence-corrected chi connectivity index (χ2v) is 11.5. The third-order valence-corrected chi connectivity index (χ3v) is 8.50. The molecule has 0 spiro atoms. The fraction of sp³-hybridized carbons (Fsp3) is 0.600. The van der Waals surface area contributed by atoms with E-state index < -0.39 is 14.6 Å². The molecule has 0 aliphatic carbocycles. The van der Waals surface area contributed by atoms with Crippen molar-refractivity contribution < 1.29 is 14.3 Å². The predicted molar refractivity (Wildman–Crippen MR) is 79.2 cm³/mol. The zero-order valence-corrected chi connectivity index (χ0v) is 13.5. The van der Waals surface area contributed by atoms with Crippen LogP contribution in [0.25, 0.3) is 0 Å². The molecule has 0 saturated heterocycles. The van der Waals surface area contributed by atoms with Crippen LogP contribution < -0.4 is 9.16 Å². The quantitative estimate of drug-likeness (QED) is 0.839. The molecular weight excluding hydrogens is 256 g/mol. The molecule has 0 bridgehead atoms. The number of benzene rings is 1. The molecule has 19 heavy (non-hydrogen) atoms. The first-order valence-corrected chi connectivity index (χ1v) is 9.76. The van der Waals surface area contributed by atoms with Gasteiger partial charge in [0.2, 0.25) is 8.32 Å². The summed E-state index contributed by atoms with van der Waals surface area (Å²) in [6.45, 7) is 11.1. The van der Waals surface area contributed by atoms with Gasteiger partial charge in [-0.15, -0.1) is 0 Å². The van der Waals surface area contributed by atoms with Crippen molar-refractivity contribution in [3.05, 3.63) is 23.8 Å². The highest BCUT2D eigenvalue weighted by atomic mass is 28.4. The van der Waals surface area contributed by atoms with E-state index in [1.807, 2.05) is 18.2 Å². The van der Waals surface area contributed by atoms with Gasteiger partial charge in [0.25, 0.3) is 0 Å². The number of aliphatic hydroxyl groups is 1. The number of aryl methyl sites for hydroxylation is 1. The zero-order valence-electron chi connectivity index (χ0n) is 12.5. The molecule has 1 unspecified atom stereocenters. The van der Waals surface area contributed by atoms with E-state index in [2.05, 4.69) is 33.9 Å². The lowest BCUT2D eigenvalue weighted by molar-refractivity contribution is -0.0317. The Bertz CT molecular complexity index is 463. The van der Waals surface area contributed by atoms with Crippen molar-refractivity contribution in [1.29, 1.82) is 0 Å². The van der Waals surface area contributed by atoms with Crippen molar-refractivity contribution in [3.63, 3.8) is 0 Å². The lowest BCUT2D eigenvalue weighted by Gasteiger charge is -2.36. The molecule has 106 valence electrons.